The predicted molar refractivity (Wildman–Crippen MR) is 140 cm³/mol. The molecule has 34 heavy (non-hydrogen) atoms. The first kappa shape index (κ1) is 24.1. The van der Waals surface area contributed by atoms with E-state index in [0.29, 0.717) is 28.2 Å². The number of halogens is 2. The van der Waals surface area contributed by atoms with Gasteiger partial charge in [-0.25, -0.2) is 23.1 Å². The van der Waals surface area contributed by atoms with Gasteiger partial charge in [-0.05, 0) is 76.2 Å². The lowest BCUT2D eigenvalue weighted by Crippen LogP contribution is -2.20. The average molecular weight is 579 g/mol. The van der Waals surface area contributed by atoms with Crippen molar-refractivity contribution >= 4 is 72.3 Å². The van der Waals surface area contributed by atoms with E-state index < -0.39 is 10.0 Å². The van der Waals surface area contributed by atoms with Gasteiger partial charge in [0, 0.05) is 29.3 Å². The van der Waals surface area contributed by atoms with E-state index >= 15 is 0 Å². The Morgan fingerprint density at radius 1 is 1.03 bits per heavy atom. The summed E-state index contributed by atoms with van der Waals surface area (Å²) in [7, 11) is -3.82. The molecular weight excluding hydrogens is 562 g/mol. The predicted octanol–water partition coefficient (Wildman–Crippen LogP) is 4.75. The Morgan fingerprint density at radius 2 is 1.71 bits per heavy atom. The van der Waals surface area contributed by atoms with Gasteiger partial charge in [0.05, 0.1) is 15.9 Å². The summed E-state index contributed by atoms with van der Waals surface area (Å²) < 4.78 is 29.8. The zero-order valence-electron chi connectivity index (χ0n) is 17.3. The minimum Gasteiger partial charge on any atom is -0.332 e. The Hall–Kier alpha value is -3.06. The SMILES string of the molecule is O=S(=O)(Nc1ncccn1)c1ccc(NC(=S)Nc2nn(Cc3ccc(Cl)cc3)cc2Br)cc1. The van der Waals surface area contributed by atoms with Gasteiger partial charge in [-0.15, -0.1) is 0 Å². The first-order valence-electron chi connectivity index (χ1n) is 9.74. The molecule has 0 radical (unpaired) electrons. The molecule has 3 N–H and O–H groups in total. The fourth-order valence-corrected chi connectivity index (χ4v) is 4.57. The number of anilines is 3. The highest BCUT2D eigenvalue weighted by molar-refractivity contribution is 9.10. The van der Waals surface area contributed by atoms with Crippen LogP contribution in [0.2, 0.25) is 5.02 Å². The van der Waals surface area contributed by atoms with Crippen LogP contribution in [0.1, 0.15) is 5.56 Å². The maximum absolute atomic E-state index is 12.5. The monoisotopic (exact) mass is 577 g/mol. The zero-order valence-corrected chi connectivity index (χ0v) is 21.3. The maximum Gasteiger partial charge on any atom is 0.264 e. The number of thiocarbonyl (C=S) groups is 1. The van der Waals surface area contributed by atoms with E-state index in [4.69, 9.17) is 23.8 Å². The molecule has 0 spiro atoms. The van der Waals surface area contributed by atoms with Crippen molar-refractivity contribution in [1.29, 1.82) is 0 Å². The second-order valence-corrected chi connectivity index (χ2v) is 10.3. The number of nitrogens with zero attached hydrogens (tertiary/aromatic N) is 4. The molecule has 0 atom stereocenters. The average Bonchev–Trinajstić information content (AvgIpc) is 3.14. The summed E-state index contributed by atoms with van der Waals surface area (Å²) in [5, 5.41) is 11.5. The normalized spacial score (nSPS) is 11.1. The number of aromatic nitrogens is 4. The van der Waals surface area contributed by atoms with Crippen LogP contribution in [0.25, 0.3) is 0 Å². The second kappa shape index (κ2) is 10.5. The fourth-order valence-electron chi connectivity index (χ4n) is 2.86. The van der Waals surface area contributed by atoms with Crippen molar-refractivity contribution in [3.8, 4) is 0 Å². The zero-order chi connectivity index (χ0) is 24.1. The smallest absolute Gasteiger partial charge is 0.264 e. The van der Waals surface area contributed by atoms with Crippen LogP contribution in [0.15, 0.2) is 82.6 Å². The van der Waals surface area contributed by atoms with E-state index in [0.717, 1.165) is 10.0 Å². The topological polar surface area (TPSA) is 114 Å². The van der Waals surface area contributed by atoms with Crippen LogP contribution in [0.5, 0.6) is 0 Å². The molecule has 4 aromatic rings. The Labute approximate surface area is 214 Å². The molecule has 2 heterocycles. The van der Waals surface area contributed by atoms with Gasteiger partial charge in [0.2, 0.25) is 5.95 Å². The van der Waals surface area contributed by atoms with Crippen LogP contribution in [-0.4, -0.2) is 33.3 Å². The van der Waals surface area contributed by atoms with E-state index in [2.05, 4.69) is 46.4 Å². The summed E-state index contributed by atoms with van der Waals surface area (Å²) in [5.74, 6) is 0.536. The van der Waals surface area contributed by atoms with Crippen molar-refractivity contribution in [2.45, 2.75) is 11.4 Å². The quantitative estimate of drug-likeness (QED) is 0.269. The number of benzene rings is 2. The maximum atomic E-state index is 12.5. The van der Waals surface area contributed by atoms with Gasteiger partial charge >= 0.3 is 0 Å². The molecule has 2 aromatic heterocycles. The molecule has 2 aromatic carbocycles. The molecule has 0 saturated carbocycles. The number of rotatable bonds is 7. The van der Waals surface area contributed by atoms with Crippen molar-refractivity contribution in [2.75, 3.05) is 15.4 Å². The van der Waals surface area contributed by atoms with Crippen LogP contribution in [0.4, 0.5) is 17.5 Å². The molecule has 0 aliphatic rings. The molecule has 4 rings (SSSR count). The summed E-state index contributed by atoms with van der Waals surface area (Å²) in [6.45, 7) is 0.565. The van der Waals surface area contributed by atoms with E-state index in [1.54, 1.807) is 22.9 Å². The van der Waals surface area contributed by atoms with E-state index in [-0.39, 0.29) is 10.8 Å². The highest BCUT2D eigenvalue weighted by Crippen LogP contribution is 2.22. The Balaban J connectivity index is 1.37. The fraction of sp³-hybridized carbons (Fsp3) is 0.0476. The molecule has 0 aliphatic carbocycles. The van der Waals surface area contributed by atoms with E-state index in [9.17, 15) is 8.42 Å². The van der Waals surface area contributed by atoms with Crippen LogP contribution in [0.3, 0.4) is 0 Å². The van der Waals surface area contributed by atoms with Gasteiger partial charge in [-0.1, -0.05) is 23.7 Å². The molecule has 0 unspecified atom stereocenters. The lowest BCUT2D eigenvalue weighted by molar-refractivity contribution is 0.601. The van der Waals surface area contributed by atoms with Gasteiger partial charge in [0.25, 0.3) is 10.0 Å². The summed E-state index contributed by atoms with van der Waals surface area (Å²) in [4.78, 5) is 7.79. The van der Waals surface area contributed by atoms with E-state index in [1.165, 1.54) is 24.5 Å². The lowest BCUT2D eigenvalue weighted by atomic mass is 10.2. The van der Waals surface area contributed by atoms with Gasteiger partial charge in [-0.2, -0.15) is 5.10 Å². The summed E-state index contributed by atoms with van der Waals surface area (Å²) in [5.41, 5.74) is 1.65. The number of hydrogen-bond acceptors (Lipinski definition) is 6. The molecule has 0 amide bonds. The third-order valence-corrected chi connectivity index (χ3v) is 6.80. The third kappa shape index (κ3) is 6.29. The van der Waals surface area contributed by atoms with Crippen molar-refractivity contribution < 1.29 is 8.42 Å². The molecule has 0 aliphatic heterocycles. The Morgan fingerprint density at radius 3 is 2.38 bits per heavy atom. The highest BCUT2D eigenvalue weighted by atomic mass is 79.9. The summed E-state index contributed by atoms with van der Waals surface area (Å²) in [6.07, 6.45) is 4.73. The largest absolute Gasteiger partial charge is 0.332 e. The molecule has 0 fully saturated rings. The number of sulfonamides is 1. The van der Waals surface area contributed by atoms with Crippen molar-refractivity contribution in [2.24, 2.45) is 0 Å². The molecule has 0 bridgehead atoms. The summed E-state index contributed by atoms with van der Waals surface area (Å²) in [6, 6.07) is 15.2. The van der Waals surface area contributed by atoms with Gasteiger partial charge in [0.15, 0.2) is 10.9 Å². The number of nitrogens with one attached hydrogen (secondary N) is 3. The molecule has 0 saturated heterocycles. The van der Waals surface area contributed by atoms with E-state index in [1.807, 2.05) is 30.5 Å². The minimum absolute atomic E-state index is 0.00356. The summed E-state index contributed by atoms with van der Waals surface area (Å²) >= 11 is 14.8. The van der Waals surface area contributed by atoms with Crippen LogP contribution in [0, 0.1) is 0 Å². The van der Waals surface area contributed by atoms with Crippen LogP contribution in [-0.2, 0) is 16.6 Å². The standard InChI is InChI=1S/C21H17BrClN7O2S2/c22-18-13-30(12-14-2-4-15(23)5-3-14)28-19(18)27-21(33)26-16-6-8-17(9-7-16)34(31,32)29-20-24-10-1-11-25-20/h1-11,13H,12H2,(H,24,25,29)(H2,26,27,28,33). The van der Waals surface area contributed by atoms with Gasteiger partial charge in [0.1, 0.15) is 0 Å². The number of hydrogen-bond donors (Lipinski definition) is 3. The third-order valence-electron chi connectivity index (χ3n) is 4.42. The second-order valence-electron chi connectivity index (χ2n) is 6.93. The van der Waals surface area contributed by atoms with Crippen LogP contribution < -0.4 is 15.4 Å². The highest BCUT2D eigenvalue weighted by Gasteiger charge is 2.15. The lowest BCUT2D eigenvalue weighted by Gasteiger charge is -2.10. The Bertz CT molecular complexity index is 1400. The first-order chi connectivity index (χ1) is 16.3. The van der Waals surface area contributed by atoms with Crippen molar-refractivity contribution in [3.05, 3.63) is 88.2 Å². The molecular formula is C21H17BrClN7O2S2. The van der Waals surface area contributed by atoms with Crippen molar-refractivity contribution in [3.63, 3.8) is 0 Å². The van der Waals surface area contributed by atoms with Crippen LogP contribution >= 0.6 is 39.7 Å². The minimum atomic E-state index is -3.82. The Kier molecular flexibility index (Phi) is 7.41. The molecule has 9 nitrogen and oxygen atoms in total. The molecule has 174 valence electrons. The van der Waals surface area contributed by atoms with Gasteiger partial charge < -0.3 is 10.6 Å². The van der Waals surface area contributed by atoms with Gasteiger partial charge in [-0.3, -0.25) is 4.68 Å². The van der Waals surface area contributed by atoms with Crippen molar-refractivity contribution in [1.82, 2.24) is 19.7 Å². The first-order valence-corrected chi connectivity index (χ1v) is 12.8. The molecule has 13 heteroatoms.